The average molecular weight is 251 g/mol. The lowest BCUT2D eigenvalue weighted by molar-refractivity contribution is 0.381. The third kappa shape index (κ3) is 4.33. The summed E-state index contributed by atoms with van der Waals surface area (Å²) < 4.78 is 22.8. The van der Waals surface area contributed by atoms with Gasteiger partial charge < -0.3 is 5.32 Å². The van der Waals surface area contributed by atoms with Crippen LogP contribution in [-0.2, 0) is 9.84 Å². The maximum absolute atomic E-state index is 11.4. The number of rotatable bonds is 6. The first-order valence-corrected chi connectivity index (χ1v) is 8.73. The van der Waals surface area contributed by atoms with Crippen LogP contribution >= 0.6 is 11.8 Å². The zero-order chi connectivity index (χ0) is 11.3. The molecule has 1 fully saturated rings. The van der Waals surface area contributed by atoms with Crippen LogP contribution in [0.15, 0.2) is 0 Å². The third-order valence-corrected chi connectivity index (χ3v) is 5.37. The van der Waals surface area contributed by atoms with Crippen LogP contribution in [0.2, 0.25) is 0 Å². The molecule has 1 aliphatic rings. The number of nitrogens with one attached hydrogen (secondary N) is 1. The Balaban J connectivity index is 2.49. The summed E-state index contributed by atoms with van der Waals surface area (Å²) in [6, 6.07) is 0.389. The van der Waals surface area contributed by atoms with E-state index in [-0.39, 0.29) is 0 Å². The van der Waals surface area contributed by atoms with Crippen molar-refractivity contribution in [2.75, 3.05) is 30.1 Å². The SMILES string of the molecule is CCNC(CCSC)C1CCS(=O)(=O)C1. The van der Waals surface area contributed by atoms with Gasteiger partial charge in [0, 0.05) is 6.04 Å². The molecule has 1 N–H and O–H groups in total. The van der Waals surface area contributed by atoms with Gasteiger partial charge >= 0.3 is 0 Å². The molecule has 5 heteroatoms. The summed E-state index contributed by atoms with van der Waals surface area (Å²) in [5, 5.41) is 3.42. The Bertz CT molecular complexity index is 277. The summed E-state index contributed by atoms with van der Waals surface area (Å²) >= 11 is 1.83. The Morgan fingerprint density at radius 3 is 2.73 bits per heavy atom. The molecule has 0 aromatic heterocycles. The highest BCUT2D eigenvalue weighted by molar-refractivity contribution is 7.98. The van der Waals surface area contributed by atoms with Crippen molar-refractivity contribution in [3.63, 3.8) is 0 Å². The fraction of sp³-hybridized carbons (Fsp3) is 1.00. The molecule has 1 saturated heterocycles. The van der Waals surface area contributed by atoms with Gasteiger partial charge in [0.15, 0.2) is 9.84 Å². The van der Waals surface area contributed by atoms with Gasteiger partial charge in [-0.1, -0.05) is 6.92 Å². The smallest absolute Gasteiger partial charge is 0.150 e. The van der Waals surface area contributed by atoms with Gasteiger partial charge in [0.2, 0.25) is 0 Å². The largest absolute Gasteiger partial charge is 0.314 e. The highest BCUT2D eigenvalue weighted by Crippen LogP contribution is 2.24. The quantitative estimate of drug-likeness (QED) is 0.769. The third-order valence-electron chi connectivity index (χ3n) is 2.94. The molecule has 0 bridgehead atoms. The average Bonchev–Trinajstić information content (AvgIpc) is 2.53. The predicted molar refractivity (Wildman–Crippen MR) is 67.2 cm³/mol. The Morgan fingerprint density at radius 2 is 2.27 bits per heavy atom. The van der Waals surface area contributed by atoms with Crippen LogP contribution < -0.4 is 5.32 Å². The Kier molecular flexibility index (Phi) is 5.43. The van der Waals surface area contributed by atoms with Crippen molar-refractivity contribution in [2.24, 2.45) is 5.92 Å². The fourth-order valence-electron chi connectivity index (χ4n) is 2.15. The summed E-state index contributed by atoms with van der Waals surface area (Å²) in [6.07, 6.45) is 4.01. The van der Waals surface area contributed by atoms with Gasteiger partial charge in [-0.2, -0.15) is 11.8 Å². The van der Waals surface area contributed by atoms with Crippen LogP contribution in [0.1, 0.15) is 19.8 Å². The Labute approximate surface area is 97.3 Å². The van der Waals surface area contributed by atoms with E-state index in [9.17, 15) is 8.42 Å². The van der Waals surface area contributed by atoms with Gasteiger partial charge in [-0.3, -0.25) is 0 Å². The van der Waals surface area contributed by atoms with Crippen LogP contribution in [0, 0.1) is 5.92 Å². The second kappa shape index (κ2) is 6.11. The molecule has 1 heterocycles. The van der Waals surface area contributed by atoms with Crippen molar-refractivity contribution in [2.45, 2.75) is 25.8 Å². The standard InChI is InChI=1S/C10H21NO2S2/c1-3-11-10(4-6-14-2)9-5-7-15(12,13)8-9/h9-11H,3-8H2,1-2H3. The Hall–Kier alpha value is 0.260. The van der Waals surface area contributed by atoms with E-state index < -0.39 is 9.84 Å². The summed E-state index contributed by atoms with van der Waals surface area (Å²) in [7, 11) is -2.73. The molecule has 1 rings (SSSR count). The minimum Gasteiger partial charge on any atom is -0.314 e. The number of thioether (sulfide) groups is 1. The molecule has 0 saturated carbocycles. The second-order valence-corrected chi connectivity index (χ2v) is 7.32. The number of hydrogen-bond donors (Lipinski definition) is 1. The van der Waals surface area contributed by atoms with Crippen LogP contribution in [0.25, 0.3) is 0 Å². The fourth-order valence-corrected chi connectivity index (χ4v) is 4.52. The first-order chi connectivity index (χ1) is 7.09. The van der Waals surface area contributed by atoms with E-state index in [1.165, 1.54) is 0 Å². The number of sulfone groups is 1. The maximum atomic E-state index is 11.4. The predicted octanol–water partition coefficient (Wildman–Crippen LogP) is 1.15. The van der Waals surface area contributed by atoms with Crippen molar-refractivity contribution >= 4 is 21.6 Å². The van der Waals surface area contributed by atoms with E-state index in [1.54, 1.807) is 0 Å². The van der Waals surface area contributed by atoms with E-state index >= 15 is 0 Å². The monoisotopic (exact) mass is 251 g/mol. The maximum Gasteiger partial charge on any atom is 0.150 e. The molecule has 0 spiro atoms. The van der Waals surface area contributed by atoms with Crippen molar-refractivity contribution < 1.29 is 8.42 Å². The van der Waals surface area contributed by atoms with E-state index in [0.29, 0.717) is 23.5 Å². The topological polar surface area (TPSA) is 46.2 Å². The molecule has 2 unspecified atom stereocenters. The molecule has 1 aliphatic heterocycles. The van der Waals surface area contributed by atoms with Gasteiger partial charge in [0.1, 0.15) is 0 Å². The van der Waals surface area contributed by atoms with Crippen LogP contribution in [-0.4, -0.2) is 44.5 Å². The summed E-state index contributed by atoms with van der Waals surface area (Å²) in [5.41, 5.74) is 0. The lowest BCUT2D eigenvalue weighted by atomic mass is 9.97. The van der Waals surface area contributed by atoms with Crippen LogP contribution in [0.4, 0.5) is 0 Å². The van der Waals surface area contributed by atoms with Gasteiger partial charge in [-0.15, -0.1) is 0 Å². The lowest BCUT2D eigenvalue weighted by Gasteiger charge is -2.23. The van der Waals surface area contributed by atoms with E-state index in [1.807, 2.05) is 11.8 Å². The summed E-state index contributed by atoms with van der Waals surface area (Å²) in [5.74, 6) is 2.22. The normalized spacial score (nSPS) is 26.7. The van der Waals surface area contributed by atoms with E-state index in [0.717, 1.165) is 25.1 Å². The molecule has 15 heavy (non-hydrogen) atoms. The van der Waals surface area contributed by atoms with Gasteiger partial charge in [-0.05, 0) is 37.3 Å². The molecule has 0 aliphatic carbocycles. The first-order valence-electron chi connectivity index (χ1n) is 5.52. The van der Waals surface area contributed by atoms with Crippen LogP contribution in [0.5, 0.6) is 0 Å². The van der Waals surface area contributed by atoms with Gasteiger partial charge in [-0.25, -0.2) is 8.42 Å². The van der Waals surface area contributed by atoms with Crippen molar-refractivity contribution in [3.05, 3.63) is 0 Å². The highest BCUT2D eigenvalue weighted by Gasteiger charge is 2.32. The second-order valence-electron chi connectivity index (χ2n) is 4.11. The molecule has 2 atom stereocenters. The minimum atomic E-state index is -2.73. The van der Waals surface area contributed by atoms with Crippen LogP contribution in [0.3, 0.4) is 0 Å². The van der Waals surface area contributed by atoms with Crippen molar-refractivity contribution in [3.8, 4) is 0 Å². The summed E-state index contributed by atoms with van der Waals surface area (Å²) in [4.78, 5) is 0. The zero-order valence-electron chi connectivity index (χ0n) is 9.53. The molecule has 90 valence electrons. The van der Waals surface area contributed by atoms with Crippen molar-refractivity contribution in [1.29, 1.82) is 0 Å². The van der Waals surface area contributed by atoms with E-state index in [4.69, 9.17) is 0 Å². The molecule has 0 aromatic carbocycles. The molecule has 3 nitrogen and oxygen atoms in total. The Morgan fingerprint density at radius 1 is 1.53 bits per heavy atom. The molecule has 0 radical (unpaired) electrons. The minimum absolute atomic E-state index is 0.335. The summed E-state index contributed by atoms with van der Waals surface area (Å²) in [6.45, 7) is 3.01. The van der Waals surface area contributed by atoms with E-state index in [2.05, 4.69) is 18.5 Å². The van der Waals surface area contributed by atoms with Crippen molar-refractivity contribution in [1.82, 2.24) is 5.32 Å². The number of hydrogen-bond acceptors (Lipinski definition) is 4. The molecule has 0 aromatic rings. The highest BCUT2D eigenvalue weighted by atomic mass is 32.2. The molecule has 0 amide bonds. The first kappa shape index (κ1) is 13.3. The molecular formula is C10H21NO2S2. The lowest BCUT2D eigenvalue weighted by Crippen LogP contribution is -2.37. The van der Waals surface area contributed by atoms with Gasteiger partial charge in [0.25, 0.3) is 0 Å². The zero-order valence-corrected chi connectivity index (χ0v) is 11.2. The van der Waals surface area contributed by atoms with Gasteiger partial charge in [0.05, 0.1) is 11.5 Å². The molecular weight excluding hydrogens is 230 g/mol.